The molecule has 2 aromatic heterocycles. The lowest BCUT2D eigenvalue weighted by Crippen LogP contribution is -2.64. The molecular formula is C29H28ClF2N7O2S. The first kappa shape index (κ1) is 27.5. The molecule has 3 aliphatic rings. The van der Waals surface area contributed by atoms with Crippen molar-refractivity contribution in [2.45, 2.75) is 31.0 Å². The van der Waals surface area contributed by atoms with Crippen molar-refractivity contribution < 1.29 is 18.3 Å². The second-order valence-corrected chi connectivity index (χ2v) is 12.5. The van der Waals surface area contributed by atoms with Crippen LogP contribution in [0.5, 0.6) is 6.01 Å². The summed E-state index contributed by atoms with van der Waals surface area (Å²) >= 11 is 7.77. The molecule has 9 nitrogen and oxygen atoms in total. The van der Waals surface area contributed by atoms with E-state index in [1.807, 2.05) is 6.07 Å². The topological polar surface area (TPSA) is 113 Å². The first-order chi connectivity index (χ1) is 20.4. The summed E-state index contributed by atoms with van der Waals surface area (Å²) in [4.78, 5) is 13.8. The van der Waals surface area contributed by atoms with Gasteiger partial charge in [0.2, 0.25) is 0 Å². The third kappa shape index (κ3) is 4.42. The molecule has 7 rings (SSSR count). The number of nitrogen functional groups attached to an aromatic ring is 1. The lowest BCUT2D eigenvalue weighted by atomic mass is 9.96. The van der Waals surface area contributed by atoms with E-state index in [1.165, 1.54) is 12.1 Å². The van der Waals surface area contributed by atoms with Crippen LogP contribution in [0.1, 0.15) is 18.4 Å². The van der Waals surface area contributed by atoms with E-state index >= 15 is 4.39 Å². The van der Waals surface area contributed by atoms with Crippen molar-refractivity contribution in [2.24, 2.45) is 0 Å². The number of morpholine rings is 1. The van der Waals surface area contributed by atoms with Crippen LogP contribution in [0.3, 0.4) is 0 Å². The molecule has 3 fully saturated rings. The maximum Gasteiger partial charge on any atom is 0.319 e. The van der Waals surface area contributed by atoms with Gasteiger partial charge < -0.3 is 30.3 Å². The number of nitriles is 1. The number of halogens is 3. The fourth-order valence-electron chi connectivity index (χ4n) is 6.41. The molecule has 2 aromatic carbocycles. The molecule has 0 saturated carbocycles. The summed E-state index contributed by atoms with van der Waals surface area (Å²) < 4.78 is 43.7. The van der Waals surface area contributed by atoms with Crippen LogP contribution in [0.15, 0.2) is 18.2 Å². The number of likely N-dealkylation sites (N-methyl/N-ethyl adjacent to an activating group) is 1. The fourth-order valence-corrected chi connectivity index (χ4v) is 7.66. The summed E-state index contributed by atoms with van der Waals surface area (Å²) in [6.07, 6.45) is 2.08. The summed E-state index contributed by atoms with van der Waals surface area (Å²) in [5.74, 6) is -0.723. The van der Waals surface area contributed by atoms with Crippen molar-refractivity contribution in [3.05, 3.63) is 40.4 Å². The third-order valence-electron chi connectivity index (χ3n) is 8.53. The number of fused-ring (bicyclic) bond motifs is 4. The molecule has 0 amide bonds. The smallest absolute Gasteiger partial charge is 0.319 e. The average Bonchev–Trinajstić information content (AvgIpc) is 3.54. The molecule has 3 N–H and O–H groups in total. The van der Waals surface area contributed by atoms with Crippen molar-refractivity contribution in [3.8, 4) is 23.2 Å². The van der Waals surface area contributed by atoms with E-state index in [0.29, 0.717) is 44.1 Å². The van der Waals surface area contributed by atoms with Crippen molar-refractivity contribution in [1.82, 2.24) is 20.2 Å². The van der Waals surface area contributed by atoms with Gasteiger partial charge in [0.05, 0.1) is 40.6 Å². The minimum Gasteiger partial charge on any atom is -0.462 e. The van der Waals surface area contributed by atoms with Gasteiger partial charge in [0, 0.05) is 35.5 Å². The van der Waals surface area contributed by atoms with Crippen molar-refractivity contribution in [1.29, 1.82) is 5.26 Å². The van der Waals surface area contributed by atoms with Crippen LogP contribution in [0.4, 0.5) is 19.6 Å². The zero-order valence-corrected chi connectivity index (χ0v) is 24.4. The van der Waals surface area contributed by atoms with Crippen LogP contribution < -0.4 is 20.7 Å². The van der Waals surface area contributed by atoms with Gasteiger partial charge in [0.25, 0.3) is 0 Å². The zero-order chi connectivity index (χ0) is 29.1. The van der Waals surface area contributed by atoms with E-state index in [-0.39, 0.29) is 66.5 Å². The van der Waals surface area contributed by atoms with Crippen LogP contribution in [0.2, 0.25) is 5.02 Å². The van der Waals surface area contributed by atoms with E-state index in [9.17, 15) is 9.65 Å². The Hall–Kier alpha value is -3.34. The molecule has 0 aliphatic carbocycles. The predicted octanol–water partition coefficient (Wildman–Crippen LogP) is 4.55. The highest BCUT2D eigenvalue weighted by molar-refractivity contribution is 7.23. The Labute approximate surface area is 249 Å². The molecular weight excluding hydrogens is 584 g/mol. The summed E-state index contributed by atoms with van der Waals surface area (Å²) in [5, 5.41) is 14.1. The maximum absolute atomic E-state index is 16.8. The Bertz CT molecular complexity index is 1740. The molecule has 42 heavy (non-hydrogen) atoms. The predicted molar refractivity (Wildman–Crippen MR) is 159 cm³/mol. The highest BCUT2D eigenvalue weighted by Gasteiger charge is 2.38. The van der Waals surface area contributed by atoms with Gasteiger partial charge >= 0.3 is 6.01 Å². The molecule has 2 unspecified atom stereocenters. The van der Waals surface area contributed by atoms with E-state index in [0.717, 1.165) is 30.7 Å². The van der Waals surface area contributed by atoms with Gasteiger partial charge in [0.1, 0.15) is 34.8 Å². The largest absolute Gasteiger partial charge is 0.462 e. The second-order valence-electron chi connectivity index (χ2n) is 11.0. The first-order valence-corrected chi connectivity index (χ1v) is 15.1. The minimum absolute atomic E-state index is 0.0124. The Morgan fingerprint density at radius 1 is 1.26 bits per heavy atom. The standard InChI is InChI=1S/C29H28ClF2N7O2S/c1-38-6-2-3-14(38)13-41-29-36-25-18(28(37-29)39-15-9-35-10-16(39)12-40-11-15)7-20(30)23(24(25)32)17-4-5-21(31)26-22(17)19(8-33)27(34)42-26/h4-5,7,14-16,35H,2-3,6,9-13,34H2,1H3/t14-,15?,16?/m0/s1. The molecule has 3 aliphatic heterocycles. The van der Waals surface area contributed by atoms with E-state index < -0.39 is 11.6 Å². The van der Waals surface area contributed by atoms with Crippen LogP contribution in [0.25, 0.3) is 32.1 Å². The first-order valence-electron chi connectivity index (χ1n) is 13.9. The molecule has 2 bridgehead atoms. The SMILES string of the molecule is CN1CCC[C@H]1COc1nc(N2C3CNCC2COC3)c2cc(Cl)c(-c3ccc(F)c4sc(N)c(C#N)c34)c(F)c2n1. The Morgan fingerprint density at radius 2 is 2.05 bits per heavy atom. The number of nitrogens with zero attached hydrogens (tertiary/aromatic N) is 5. The molecule has 5 heterocycles. The number of hydrogen-bond acceptors (Lipinski definition) is 10. The van der Waals surface area contributed by atoms with Crippen molar-refractivity contribution in [2.75, 3.05) is 57.1 Å². The number of thiophene rings is 1. The van der Waals surface area contributed by atoms with Crippen LogP contribution in [0, 0.1) is 23.0 Å². The summed E-state index contributed by atoms with van der Waals surface area (Å²) in [6.45, 7) is 3.72. The van der Waals surface area contributed by atoms with Crippen LogP contribution in [-0.4, -0.2) is 79.5 Å². The monoisotopic (exact) mass is 611 g/mol. The van der Waals surface area contributed by atoms with Crippen molar-refractivity contribution in [3.63, 3.8) is 0 Å². The molecule has 218 valence electrons. The molecule has 3 atom stereocenters. The number of benzene rings is 2. The molecule has 13 heteroatoms. The Balaban J connectivity index is 1.43. The summed E-state index contributed by atoms with van der Waals surface area (Å²) in [7, 11) is 2.06. The minimum atomic E-state index is -0.706. The summed E-state index contributed by atoms with van der Waals surface area (Å²) in [6, 6.07) is 6.59. The fraction of sp³-hybridized carbons (Fsp3) is 0.414. The van der Waals surface area contributed by atoms with Crippen molar-refractivity contribution >= 4 is 54.7 Å². The number of aromatic nitrogens is 2. The number of nitrogens with two attached hydrogens (primary N) is 1. The van der Waals surface area contributed by atoms with Gasteiger partial charge in [-0.2, -0.15) is 15.2 Å². The highest BCUT2D eigenvalue weighted by atomic mass is 35.5. The average molecular weight is 612 g/mol. The van der Waals surface area contributed by atoms with E-state index in [2.05, 4.69) is 27.1 Å². The number of ether oxygens (including phenoxy) is 2. The van der Waals surface area contributed by atoms with Gasteiger partial charge in [-0.05, 0) is 44.1 Å². The van der Waals surface area contributed by atoms with Gasteiger partial charge in [0.15, 0.2) is 5.82 Å². The van der Waals surface area contributed by atoms with Crippen LogP contribution >= 0.6 is 22.9 Å². The highest BCUT2D eigenvalue weighted by Crippen LogP contribution is 2.46. The lowest BCUT2D eigenvalue weighted by molar-refractivity contribution is 0.0523. The van der Waals surface area contributed by atoms with Gasteiger partial charge in [-0.1, -0.05) is 17.7 Å². The van der Waals surface area contributed by atoms with E-state index in [4.69, 9.17) is 31.8 Å². The van der Waals surface area contributed by atoms with Gasteiger partial charge in [-0.25, -0.2) is 8.78 Å². The number of rotatable bonds is 5. The van der Waals surface area contributed by atoms with E-state index in [1.54, 1.807) is 6.07 Å². The molecule has 0 radical (unpaired) electrons. The number of hydrogen-bond donors (Lipinski definition) is 2. The lowest BCUT2D eigenvalue weighted by Gasteiger charge is -2.47. The van der Waals surface area contributed by atoms with Gasteiger partial charge in [-0.15, -0.1) is 11.3 Å². The summed E-state index contributed by atoms with van der Waals surface area (Å²) in [5.41, 5.74) is 6.45. The molecule has 4 aromatic rings. The Kier molecular flexibility index (Phi) is 7.03. The number of nitrogens with one attached hydrogen (secondary N) is 1. The number of anilines is 2. The normalized spacial score (nSPS) is 22.6. The van der Waals surface area contributed by atoms with Crippen LogP contribution in [-0.2, 0) is 4.74 Å². The van der Waals surface area contributed by atoms with Gasteiger partial charge in [-0.3, -0.25) is 0 Å². The number of piperazine rings is 1. The second kappa shape index (κ2) is 10.7. The molecule has 0 spiro atoms. The molecule has 3 saturated heterocycles. The number of likely N-dealkylation sites (tertiary alicyclic amines) is 1. The zero-order valence-electron chi connectivity index (χ0n) is 22.8. The Morgan fingerprint density at radius 3 is 2.76 bits per heavy atom. The maximum atomic E-state index is 16.8. The third-order valence-corrected chi connectivity index (χ3v) is 9.85. The quantitative estimate of drug-likeness (QED) is 0.336.